The molecule has 0 spiro atoms. The van der Waals surface area contributed by atoms with Crippen LogP contribution in [0.3, 0.4) is 0 Å². The van der Waals surface area contributed by atoms with E-state index in [2.05, 4.69) is 27.7 Å². The average molecular weight is 170 g/mol. The van der Waals surface area contributed by atoms with Gasteiger partial charge in [-0.2, -0.15) is 0 Å². The summed E-state index contributed by atoms with van der Waals surface area (Å²) in [6, 6.07) is 0. The van der Waals surface area contributed by atoms with Gasteiger partial charge in [-0.15, -0.1) is 0 Å². The minimum atomic E-state index is 0.898. The lowest BCUT2D eigenvalue weighted by atomic mass is 10.0. The summed E-state index contributed by atoms with van der Waals surface area (Å²) in [5.41, 5.74) is 0. The quantitative estimate of drug-likeness (QED) is 0.488. The summed E-state index contributed by atoms with van der Waals surface area (Å²) in [5, 5.41) is 0. The predicted molar refractivity (Wildman–Crippen MR) is 57.4 cm³/mol. The normalized spacial score (nSPS) is 11.5. The summed E-state index contributed by atoms with van der Waals surface area (Å²) < 4.78 is 0. The molecule has 0 rings (SSSR count). The molecule has 0 amide bonds. The molecule has 0 saturated heterocycles. The lowest BCUT2D eigenvalue weighted by Crippen LogP contribution is -1.89. The van der Waals surface area contributed by atoms with E-state index in [-0.39, 0.29) is 0 Å². The van der Waals surface area contributed by atoms with Gasteiger partial charge in [0.25, 0.3) is 0 Å². The van der Waals surface area contributed by atoms with Gasteiger partial charge in [0.15, 0.2) is 0 Å². The third-order valence-corrected chi connectivity index (χ3v) is 2.31. The van der Waals surface area contributed by atoms with Gasteiger partial charge in [0.05, 0.1) is 0 Å². The van der Waals surface area contributed by atoms with Gasteiger partial charge in [-0.05, 0) is 11.8 Å². The highest BCUT2D eigenvalue weighted by atomic mass is 14.0. The van der Waals surface area contributed by atoms with E-state index in [1.54, 1.807) is 0 Å². The fourth-order valence-electron chi connectivity index (χ4n) is 1.46. The molecule has 0 heteroatoms. The van der Waals surface area contributed by atoms with Crippen LogP contribution in [0.4, 0.5) is 0 Å². The molecule has 0 aromatic heterocycles. The first-order valence-electron chi connectivity index (χ1n) is 5.63. The van der Waals surface area contributed by atoms with Crippen molar-refractivity contribution in [1.82, 2.24) is 0 Å². The minimum Gasteiger partial charge on any atom is -0.0628 e. The largest absolute Gasteiger partial charge is 0.0628 e. The predicted octanol–water partition coefficient (Wildman–Crippen LogP) is 4.64. The highest BCUT2D eigenvalue weighted by Gasteiger charge is 1.96. The Balaban J connectivity index is 2.91. The molecule has 0 heterocycles. The minimum absolute atomic E-state index is 0.898. The maximum atomic E-state index is 2.31. The van der Waals surface area contributed by atoms with E-state index in [0.29, 0.717) is 0 Å². The zero-order valence-electron chi connectivity index (χ0n) is 9.40. The van der Waals surface area contributed by atoms with Crippen LogP contribution in [0.15, 0.2) is 0 Å². The van der Waals surface area contributed by atoms with Gasteiger partial charge in [-0.25, -0.2) is 0 Å². The summed E-state index contributed by atoms with van der Waals surface area (Å²) in [7, 11) is 0. The molecular weight excluding hydrogens is 144 g/mol. The third-order valence-electron chi connectivity index (χ3n) is 2.31. The lowest BCUT2D eigenvalue weighted by Gasteiger charge is -2.05. The molecule has 0 aliphatic rings. The Morgan fingerprint density at radius 3 is 1.17 bits per heavy atom. The van der Waals surface area contributed by atoms with Crippen LogP contribution in [0.5, 0.6) is 0 Å². The van der Waals surface area contributed by atoms with E-state index >= 15 is 0 Å². The Hall–Kier alpha value is 0. The van der Waals surface area contributed by atoms with Crippen molar-refractivity contribution in [3.63, 3.8) is 0 Å². The number of hydrogen-bond donors (Lipinski definition) is 0. The lowest BCUT2D eigenvalue weighted by molar-refractivity contribution is 0.488. The van der Waals surface area contributed by atoms with Crippen molar-refractivity contribution in [3.05, 3.63) is 0 Å². The monoisotopic (exact) mass is 170 g/mol. The Bertz CT molecular complexity index is 70.0. The molecule has 12 heavy (non-hydrogen) atoms. The Morgan fingerprint density at radius 2 is 0.917 bits per heavy atom. The average Bonchev–Trinajstić information content (AvgIpc) is 1.95. The van der Waals surface area contributed by atoms with Crippen LogP contribution < -0.4 is 0 Å². The van der Waals surface area contributed by atoms with E-state index < -0.39 is 0 Å². The number of hydrogen-bond acceptors (Lipinski definition) is 0. The van der Waals surface area contributed by atoms with Crippen LogP contribution in [0.1, 0.15) is 66.2 Å². The maximum Gasteiger partial charge on any atom is -0.0471 e. The van der Waals surface area contributed by atoms with Crippen molar-refractivity contribution in [2.75, 3.05) is 0 Å². The summed E-state index contributed by atoms with van der Waals surface area (Å²) in [6.07, 6.45) is 8.62. The van der Waals surface area contributed by atoms with Gasteiger partial charge in [0.2, 0.25) is 0 Å². The van der Waals surface area contributed by atoms with Gasteiger partial charge >= 0.3 is 0 Å². The Labute approximate surface area is 78.8 Å². The molecule has 0 N–H and O–H groups in total. The van der Waals surface area contributed by atoms with E-state index in [1.807, 2.05) is 0 Å². The summed E-state index contributed by atoms with van der Waals surface area (Å²) >= 11 is 0. The highest BCUT2D eigenvalue weighted by molar-refractivity contribution is 4.50. The number of rotatable bonds is 7. The van der Waals surface area contributed by atoms with Gasteiger partial charge < -0.3 is 0 Å². The van der Waals surface area contributed by atoms with Crippen molar-refractivity contribution in [1.29, 1.82) is 0 Å². The Kier molecular flexibility index (Phi) is 7.64. The molecule has 74 valence electrons. The first-order valence-corrected chi connectivity index (χ1v) is 5.63. The van der Waals surface area contributed by atoms with Crippen molar-refractivity contribution in [2.45, 2.75) is 66.2 Å². The van der Waals surface area contributed by atoms with E-state index in [0.717, 1.165) is 11.8 Å². The highest BCUT2D eigenvalue weighted by Crippen LogP contribution is 2.12. The molecular formula is C12H26. The van der Waals surface area contributed by atoms with Gasteiger partial charge in [-0.1, -0.05) is 66.2 Å². The van der Waals surface area contributed by atoms with Crippen LogP contribution in [-0.4, -0.2) is 0 Å². The molecule has 0 saturated carbocycles. The van der Waals surface area contributed by atoms with Crippen LogP contribution in [-0.2, 0) is 0 Å². The maximum absolute atomic E-state index is 2.31. The molecule has 0 aromatic rings. The van der Waals surface area contributed by atoms with Crippen molar-refractivity contribution in [2.24, 2.45) is 11.8 Å². The Morgan fingerprint density at radius 1 is 0.583 bits per heavy atom. The molecule has 0 unspecified atom stereocenters. The van der Waals surface area contributed by atoms with Crippen LogP contribution in [0.25, 0.3) is 0 Å². The van der Waals surface area contributed by atoms with Crippen LogP contribution >= 0.6 is 0 Å². The summed E-state index contributed by atoms with van der Waals surface area (Å²) in [4.78, 5) is 0. The fraction of sp³-hybridized carbons (Fsp3) is 1.00. The zero-order chi connectivity index (χ0) is 9.40. The molecule has 0 nitrogen and oxygen atoms in total. The molecule has 0 aliphatic carbocycles. The van der Waals surface area contributed by atoms with Crippen molar-refractivity contribution in [3.8, 4) is 0 Å². The van der Waals surface area contributed by atoms with E-state index in [9.17, 15) is 0 Å². The van der Waals surface area contributed by atoms with Crippen LogP contribution in [0, 0.1) is 11.8 Å². The van der Waals surface area contributed by atoms with E-state index in [4.69, 9.17) is 0 Å². The standard InChI is InChI=1S/C12H26/c1-11(2)9-7-5-6-8-10-12(3)4/h11-12H,5-10H2,1-4H3. The molecule has 0 atom stereocenters. The molecule has 0 fully saturated rings. The summed E-state index contributed by atoms with van der Waals surface area (Å²) in [6.45, 7) is 9.25. The summed E-state index contributed by atoms with van der Waals surface area (Å²) in [5.74, 6) is 1.80. The second-order valence-electron chi connectivity index (χ2n) is 4.78. The molecule has 0 bridgehead atoms. The molecule has 0 radical (unpaired) electrons. The van der Waals surface area contributed by atoms with Gasteiger partial charge in [0.1, 0.15) is 0 Å². The third kappa shape index (κ3) is 10.0. The smallest absolute Gasteiger partial charge is 0.0471 e. The second-order valence-corrected chi connectivity index (χ2v) is 4.78. The van der Waals surface area contributed by atoms with Crippen molar-refractivity contribution < 1.29 is 0 Å². The first-order chi connectivity index (χ1) is 5.63. The first kappa shape index (κ1) is 12.0. The molecule has 0 aliphatic heterocycles. The SMILES string of the molecule is CC(C)CCCCCCC(C)C. The van der Waals surface area contributed by atoms with Crippen molar-refractivity contribution >= 4 is 0 Å². The molecule has 0 aromatic carbocycles. The van der Waals surface area contributed by atoms with Gasteiger partial charge in [-0.3, -0.25) is 0 Å². The fourth-order valence-corrected chi connectivity index (χ4v) is 1.46. The number of unbranched alkanes of at least 4 members (excludes halogenated alkanes) is 3. The van der Waals surface area contributed by atoms with Gasteiger partial charge in [0, 0.05) is 0 Å². The topological polar surface area (TPSA) is 0 Å². The van der Waals surface area contributed by atoms with Crippen LogP contribution in [0.2, 0.25) is 0 Å². The zero-order valence-corrected chi connectivity index (χ0v) is 9.40. The second kappa shape index (κ2) is 7.64. The van der Waals surface area contributed by atoms with E-state index in [1.165, 1.54) is 38.5 Å².